The summed E-state index contributed by atoms with van der Waals surface area (Å²) in [5, 5.41) is 8.64. The molecule has 1 N–H and O–H groups in total. The van der Waals surface area contributed by atoms with Gasteiger partial charge in [0, 0.05) is 24.7 Å². The molecular formula is C22H32O5. The van der Waals surface area contributed by atoms with Crippen LogP contribution in [-0.2, 0) is 19.1 Å². The molecule has 0 unspecified atom stereocenters. The van der Waals surface area contributed by atoms with Gasteiger partial charge >= 0.3 is 5.97 Å². The normalized spacial score (nSPS) is 24.6. The smallest absolute Gasteiger partial charge is 0.303 e. The number of allylic oxidation sites excluding steroid dienone is 5. The third-order valence-corrected chi connectivity index (χ3v) is 5.11. The van der Waals surface area contributed by atoms with E-state index in [0.29, 0.717) is 26.1 Å². The van der Waals surface area contributed by atoms with Crippen molar-refractivity contribution >= 4 is 11.8 Å². The molecule has 2 rings (SSSR count). The van der Waals surface area contributed by atoms with E-state index in [-0.39, 0.29) is 24.0 Å². The molecule has 0 amide bonds. The van der Waals surface area contributed by atoms with Gasteiger partial charge in [-0.1, -0.05) is 44.1 Å². The van der Waals surface area contributed by atoms with Gasteiger partial charge in [-0.15, -0.1) is 0 Å². The lowest BCUT2D eigenvalue weighted by Gasteiger charge is -2.24. The molecule has 1 fully saturated rings. The lowest BCUT2D eigenvalue weighted by atomic mass is 9.90. The van der Waals surface area contributed by atoms with Gasteiger partial charge in [0.25, 0.3) is 0 Å². The van der Waals surface area contributed by atoms with Gasteiger partial charge in [0.2, 0.25) is 0 Å². The quantitative estimate of drug-likeness (QED) is 0.403. The fraction of sp³-hybridized carbons (Fsp3) is 0.636. The van der Waals surface area contributed by atoms with Crippen molar-refractivity contribution in [3.8, 4) is 0 Å². The molecule has 5 nitrogen and oxygen atoms in total. The van der Waals surface area contributed by atoms with E-state index in [1.807, 2.05) is 24.3 Å². The number of hydrogen-bond donors (Lipinski definition) is 1. The molecule has 5 heteroatoms. The van der Waals surface area contributed by atoms with Crippen LogP contribution in [0.15, 0.2) is 36.5 Å². The molecule has 0 aromatic rings. The standard InChI is InChI=1S/C22H32O5/c1-2-3-8-14-22(26-16-17-27-22)15-13-18-11-12-20(23)19(18)9-6-4-5-7-10-21(24)25/h4,6,11-13,15,18-19H,2-3,5,7-10,14,16-17H2,1H3,(H,24,25)/b6-4?,15-13+/t18-,19-/m1/s1. The van der Waals surface area contributed by atoms with E-state index in [1.54, 1.807) is 6.08 Å². The van der Waals surface area contributed by atoms with Crippen LogP contribution in [-0.4, -0.2) is 35.9 Å². The van der Waals surface area contributed by atoms with Crippen LogP contribution in [0.4, 0.5) is 0 Å². The van der Waals surface area contributed by atoms with Crippen molar-refractivity contribution in [2.45, 2.75) is 64.1 Å². The molecule has 1 aliphatic heterocycles. The Morgan fingerprint density at radius 2 is 2.04 bits per heavy atom. The van der Waals surface area contributed by atoms with Crippen LogP contribution in [0.3, 0.4) is 0 Å². The van der Waals surface area contributed by atoms with Gasteiger partial charge in [0.15, 0.2) is 11.6 Å². The Bertz CT molecular complexity index is 569. The van der Waals surface area contributed by atoms with E-state index in [2.05, 4.69) is 13.0 Å². The Kier molecular flexibility index (Phi) is 8.95. The van der Waals surface area contributed by atoms with E-state index in [4.69, 9.17) is 14.6 Å². The second kappa shape index (κ2) is 11.2. The van der Waals surface area contributed by atoms with Crippen molar-refractivity contribution in [1.29, 1.82) is 0 Å². The van der Waals surface area contributed by atoms with E-state index in [9.17, 15) is 9.59 Å². The van der Waals surface area contributed by atoms with Crippen LogP contribution in [0.5, 0.6) is 0 Å². The first-order chi connectivity index (χ1) is 13.1. The van der Waals surface area contributed by atoms with Gasteiger partial charge in [-0.2, -0.15) is 0 Å². The summed E-state index contributed by atoms with van der Waals surface area (Å²) in [5.74, 6) is -1.30. The Balaban J connectivity index is 1.88. The maximum Gasteiger partial charge on any atom is 0.303 e. The lowest BCUT2D eigenvalue weighted by molar-refractivity contribution is -0.137. The topological polar surface area (TPSA) is 72.8 Å². The summed E-state index contributed by atoms with van der Waals surface area (Å²) in [6, 6.07) is 0. The highest BCUT2D eigenvalue weighted by atomic mass is 16.7. The van der Waals surface area contributed by atoms with Gasteiger partial charge in [-0.3, -0.25) is 9.59 Å². The molecule has 0 aromatic heterocycles. The third-order valence-electron chi connectivity index (χ3n) is 5.11. The van der Waals surface area contributed by atoms with E-state index in [0.717, 1.165) is 32.1 Å². The molecule has 1 aliphatic carbocycles. The van der Waals surface area contributed by atoms with Crippen LogP contribution in [0.25, 0.3) is 0 Å². The van der Waals surface area contributed by atoms with E-state index in [1.165, 1.54) is 0 Å². The molecule has 1 heterocycles. The average Bonchev–Trinajstić information content (AvgIpc) is 3.24. The summed E-state index contributed by atoms with van der Waals surface area (Å²) in [5.41, 5.74) is 0. The highest BCUT2D eigenvalue weighted by Crippen LogP contribution is 2.32. The highest BCUT2D eigenvalue weighted by molar-refractivity contribution is 5.95. The predicted molar refractivity (Wildman–Crippen MR) is 104 cm³/mol. The summed E-state index contributed by atoms with van der Waals surface area (Å²) >= 11 is 0. The van der Waals surface area contributed by atoms with E-state index >= 15 is 0 Å². The Hall–Kier alpha value is -1.72. The first-order valence-electron chi connectivity index (χ1n) is 10.1. The zero-order chi connectivity index (χ0) is 19.5. The van der Waals surface area contributed by atoms with Crippen molar-refractivity contribution in [3.05, 3.63) is 36.5 Å². The summed E-state index contributed by atoms with van der Waals surface area (Å²) in [4.78, 5) is 22.7. The molecule has 0 bridgehead atoms. The predicted octanol–water partition coefficient (Wildman–Crippen LogP) is 4.44. The number of hydrogen-bond acceptors (Lipinski definition) is 4. The van der Waals surface area contributed by atoms with Crippen molar-refractivity contribution in [2.24, 2.45) is 11.8 Å². The minimum Gasteiger partial charge on any atom is -0.481 e. The van der Waals surface area contributed by atoms with Gasteiger partial charge in [-0.25, -0.2) is 0 Å². The number of carbonyl (C=O) groups is 2. The SMILES string of the molecule is CCCCCC1(/C=C/[C@H]2C=CC(=O)[C@@H]2CC=CCCCC(=O)O)OCCO1. The highest BCUT2D eigenvalue weighted by Gasteiger charge is 2.34. The van der Waals surface area contributed by atoms with E-state index < -0.39 is 11.8 Å². The van der Waals surface area contributed by atoms with Crippen LogP contribution >= 0.6 is 0 Å². The number of ketones is 1. The summed E-state index contributed by atoms with van der Waals surface area (Å²) in [7, 11) is 0. The minimum atomic E-state index is -0.770. The summed E-state index contributed by atoms with van der Waals surface area (Å²) in [6.07, 6.45) is 18.1. The number of carboxylic acids is 1. The van der Waals surface area contributed by atoms with Gasteiger partial charge in [-0.05, 0) is 37.8 Å². The number of carboxylic acid groups (broad SMARTS) is 1. The van der Waals surface area contributed by atoms with Gasteiger partial charge in [0.05, 0.1) is 13.2 Å². The molecule has 27 heavy (non-hydrogen) atoms. The lowest BCUT2D eigenvalue weighted by Crippen LogP contribution is -2.27. The van der Waals surface area contributed by atoms with Crippen LogP contribution in [0.2, 0.25) is 0 Å². The number of aliphatic carboxylic acids is 1. The monoisotopic (exact) mass is 376 g/mol. The molecule has 2 atom stereocenters. The Labute approximate surface area is 162 Å². The second-order valence-electron chi connectivity index (χ2n) is 7.26. The first-order valence-corrected chi connectivity index (χ1v) is 10.1. The van der Waals surface area contributed by atoms with Crippen molar-refractivity contribution in [2.75, 3.05) is 13.2 Å². The molecule has 2 aliphatic rings. The largest absolute Gasteiger partial charge is 0.481 e. The second-order valence-corrected chi connectivity index (χ2v) is 7.26. The molecule has 150 valence electrons. The van der Waals surface area contributed by atoms with Crippen molar-refractivity contribution < 1.29 is 24.2 Å². The average molecular weight is 376 g/mol. The molecule has 1 saturated heterocycles. The Morgan fingerprint density at radius 1 is 1.26 bits per heavy atom. The number of ether oxygens (including phenoxy) is 2. The van der Waals surface area contributed by atoms with Crippen LogP contribution in [0, 0.1) is 11.8 Å². The number of rotatable bonds is 12. The van der Waals surface area contributed by atoms with Crippen molar-refractivity contribution in [3.63, 3.8) is 0 Å². The zero-order valence-corrected chi connectivity index (χ0v) is 16.3. The molecule has 0 radical (unpaired) electrons. The molecule has 0 saturated carbocycles. The fourth-order valence-electron chi connectivity index (χ4n) is 3.53. The van der Waals surface area contributed by atoms with Crippen molar-refractivity contribution in [1.82, 2.24) is 0 Å². The summed E-state index contributed by atoms with van der Waals surface area (Å²) < 4.78 is 11.7. The number of unbranched alkanes of at least 4 members (excludes halogenated alkanes) is 3. The maximum atomic E-state index is 12.2. The first kappa shape index (κ1) is 21.6. The molecular weight excluding hydrogens is 344 g/mol. The van der Waals surface area contributed by atoms with Gasteiger partial charge < -0.3 is 14.6 Å². The molecule has 0 aromatic carbocycles. The Morgan fingerprint density at radius 3 is 2.74 bits per heavy atom. The third kappa shape index (κ3) is 7.07. The molecule has 0 spiro atoms. The fourth-order valence-corrected chi connectivity index (χ4v) is 3.53. The maximum absolute atomic E-state index is 12.2. The number of carbonyl (C=O) groups excluding carboxylic acids is 1. The van der Waals surface area contributed by atoms with Gasteiger partial charge in [0.1, 0.15) is 0 Å². The minimum absolute atomic E-state index is 0.0528. The summed E-state index contributed by atoms with van der Waals surface area (Å²) in [6.45, 7) is 3.39. The van der Waals surface area contributed by atoms with Crippen LogP contribution in [0.1, 0.15) is 58.3 Å². The van der Waals surface area contributed by atoms with Crippen LogP contribution < -0.4 is 0 Å². The zero-order valence-electron chi connectivity index (χ0n) is 16.3.